The van der Waals surface area contributed by atoms with E-state index in [1.54, 1.807) is 18.2 Å². The largest absolute Gasteiger partial charge is 0.507 e. The van der Waals surface area contributed by atoms with Crippen LogP contribution < -0.4 is 5.32 Å². The first-order chi connectivity index (χ1) is 10.9. The Kier molecular flexibility index (Phi) is 6.88. The Balaban J connectivity index is 0.000000238. The highest BCUT2D eigenvalue weighted by atomic mass is 79.9. The van der Waals surface area contributed by atoms with Crippen molar-refractivity contribution in [1.29, 1.82) is 5.41 Å². The van der Waals surface area contributed by atoms with Gasteiger partial charge in [0.1, 0.15) is 5.75 Å². The normalized spacial score (nSPS) is 9.30. The van der Waals surface area contributed by atoms with Crippen LogP contribution in [0.5, 0.6) is 5.75 Å². The van der Waals surface area contributed by atoms with Gasteiger partial charge in [0.15, 0.2) is 0 Å². The summed E-state index contributed by atoms with van der Waals surface area (Å²) in [4.78, 5) is 20.8. The number of rotatable bonds is 3. The third-order valence-corrected chi connectivity index (χ3v) is 3.21. The van der Waals surface area contributed by atoms with E-state index in [0.29, 0.717) is 11.1 Å². The third-order valence-electron chi connectivity index (χ3n) is 2.71. The molecule has 0 fully saturated rings. The van der Waals surface area contributed by atoms with Crippen molar-refractivity contribution in [3.63, 3.8) is 0 Å². The van der Waals surface area contributed by atoms with Gasteiger partial charge < -0.3 is 15.8 Å². The Morgan fingerprint density at radius 3 is 2.35 bits per heavy atom. The second-order valence-corrected chi connectivity index (χ2v) is 5.15. The number of aromatic hydroxyl groups is 1. The number of benzene rings is 2. The summed E-state index contributed by atoms with van der Waals surface area (Å²) < 4.78 is 0.865. The van der Waals surface area contributed by atoms with E-state index in [-0.39, 0.29) is 17.3 Å². The molecule has 0 atom stereocenters. The van der Waals surface area contributed by atoms with Crippen molar-refractivity contribution in [3.05, 3.63) is 68.2 Å². The fraction of sp³-hybridized carbons (Fsp3) is 0.0667. The van der Waals surface area contributed by atoms with Crippen LogP contribution in [0.3, 0.4) is 0 Å². The smallest absolute Gasteiger partial charge is 0.269 e. The van der Waals surface area contributed by atoms with Gasteiger partial charge in [0.05, 0.1) is 4.92 Å². The van der Waals surface area contributed by atoms with Crippen molar-refractivity contribution in [1.82, 2.24) is 5.32 Å². The van der Waals surface area contributed by atoms with E-state index in [9.17, 15) is 14.9 Å². The van der Waals surface area contributed by atoms with Crippen LogP contribution in [-0.4, -0.2) is 29.2 Å². The van der Waals surface area contributed by atoms with Crippen LogP contribution in [0.15, 0.2) is 46.9 Å². The molecule has 0 aromatic heterocycles. The molecular formula is C15H14BrN3O4. The number of non-ortho nitro benzene ring substituents is 1. The van der Waals surface area contributed by atoms with Crippen molar-refractivity contribution in [2.45, 2.75) is 0 Å². The number of nitro groups is 1. The maximum atomic E-state index is 11.0. The molecule has 23 heavy (non-hydrogen) atoms. The van der Waals surface area contributed by atoms with Crippen molar-refractivity contribution in [3.8, 4) is 5.75 Å². The SMILES string of the molecule is CNC(=O)c1ccc([N+](=O)[O-])cc1.N=Cc1cc(Br)ccc1O. The van der Waals surface area contributed by atoms with Gasteiger partial charge in [-0.05, 0) is 30.3 Å². The highest BCUT2D eigenvalue weighted by Gasteiger charge is 2.07. The summed E-state index contributed by atoms with van der Waals surface area (Å²) in [5.74, 6) is -0.118. The van der Waals surface area contributed by atoms with Gasteiger partial charge in [-0.15, -0.1) is 0 Å². The molecule has 0 aliphatic carbocycles. The minimum absolute atomic E-state index is 0.0207. The number of halogens is 1. The Morgan fingerprint density at radius 2 is 1.91 bits per heavy atom. The molecule has 2 rings (SSSR count). The third kappa shape index (κ3) is 5.51. The lowest BCUT2D eigenvalue weighted by molar-refractivity contribution is -0.384. The number of phenolic OH excluding ortho intramolecular Hbond substituents is 1. The molecule has 0 saturated carbocycles. The first-order valence-corrected chi connectivity index (χ1v) is 7.14. The van der Waals surface area contributed by atoms with Crippen molar-refractivity contribution >= 4 is 33.7 Å². The van der Waals surface area contributed by atoms with Crippen LogP contribution in [0.2, 0.25) is 0 Å². The van der Waals surface area contributed by atoms with Crippen molar-refractivity contribution in [2.24, 2.45) is 0 Å². The molecule has 0 aliphatic heterocycles. The molecule has 0 aliphatic rings. The molecule has 0 bridgehead atoms. The summed E-state index contributed by atoms with van der Waals surface area (Å²) in [7, 11) is 1.50. The molecule has 7 nitrogen and oxygen atoms in total. The van der Waals surface area contributed by atoms with Gasteiger partial charge in [-0.1, -0.05) is 15.9 Å². The summed E-state index contributed by atoms with van der Waals surface area (Å²) >= 11 is 3.22. The van der Waals surface area contributed by atoms with E-state index in [2.05, 4.69) is 21.2 Å². The highest BCUT2D eigenvalue weighted by molar-refractivity contribution is 9.10. The Bertz CT molecular complexity index is 717. The lowest BCUT2D eigenvalue weighted by Gasteiger charge is -1.97. The van der Waals surface area contributed by atoms with E-state index < -0.39 is 4.92 Å². The zero-order valence-corrected chi connectivity index (χ0v) is 13.7. The number of carbonyl (C=O) groups excluding carboxylic acids is 1. The maximum Gasteiger partial charge on any atom is 0.269 e. The number of amides is 1. The fourth-order valence-electron chi connectivity index (χ4n) is 1.52. The molecule has 120 valence electrons. The van der Waals surface area contributed by atoms with Gasteiger partial charge in [-0.2, -0.15) is 0 Å². The van der Waals surface area contributed by atoms with Crippen LogP contribution in [0, 0.1) is 15.5 Å². The van der Waals surface area contributed by atoms with Crippen LogP contribution in [0.25, 0.3) is 0 Å². The second kappa shape index (κ2) is 8.64. The standard InChI is InChI=1S/C8H8N2O3.C7H6BrNO/c1-9-8(11)6-2-4-7(5-3-6)10(12)13;8-6-1-2-7(10)5(3-6)4-9/h2-5H,1H3,(H,9,11);1-4,9-10H. The topological polar surface area (TPSA) is 116 Å². The molecule has 1 amide bonds. The highest BCUT2D eigenvalue weighted by Crippen LogP contribution is 2.19. The monoisotopic (exact) mass is 379 g/mol. The molecule has 3 N–H and O–H groups in total. The molecular weight excluding hydrogens is 366 g/mol. The quantitative estimate of drug-likeness (QED) is 0.431. The lowest BCUT2D eigenvalue weighted by atomic mass is 10.2. The molecule has 0 heterocycles. The summed E-state index contributed by atoms with van der Waals surface area (Å²) in [6, 6.07) is 10.4. The molecule has 8 heteroatoms. The van der Waals surface area contributed by atoms with Gasteiger partial charge >= 0.3 is 0 Å². The Labute approximate surface area is 140 Å². The fourth-order valence-corrected chi connectivity index (χ4v) is 1.90. The summed E-state index contributed by atoms with van der Waals surface area (Å²) in [6.45, 7) is 0. The number of hydrogen-bond acceptors (Lipinski definition) is 5. The van der Waals surface area contributed by atoms with E-state index in [0.717, 1.165) is 10.7 Å². The van der Waals surface area contributed by atoms with Crippen LogP contribution in [0.1, 0.15) is 15.9 Å². The zero-order valence-electron chi connectivity index (χ0n) is 12.1. The maximum absolute atomic E-state index is 11.0. The van der Waals surface area contributed by atoms with Gasteiger partial charge in [0, 0.05) is 41.0 Å². The Morgan fingerprint density at radius 1 is 1.30 bits per heavy atom. The predicted molar refractivity (Wildman–Crippen MR) is 90.2 cm³/mol. The summed E-state index contributed by atoms with van der Waals surface area (Å²) in [5, 5.41) is 28.6. The van der Waals surface area contributed by atoms with Crippen LogP contribution in [-0.2, 0) is 0 Å². The van der Waals surface area contributed by atoms with Crippen molar-refractivity contribution in [2.75, 3.05) is 7.05 Å². The van der Waals surface area contributed by atoms with Crippen LogP contribution in [0.4, 0.5) is 5.69 Å². The minimum atomic E-state index is -0.506. The van der Waals surface area contributed by atoms with E-state index >= 15 is 0 Å². The molecule has 0 radical (unpaired) electrons. The van der Waals surface area contributed by atoms with Crippen molar-refractivity contribution < 1.29 is 14.8 Å². The first kappa shape index (κ1) is 18.3. The van der Waals surface area contributed by atoms with Gasteiger partial charge in [-0.3, -0.25) is 14.9 Å². The first-order valence-electron chi connectivity index (χ1n) is 6.34. The van der Waals surface area contributed by atoms with Gasteiger partial charge in [-0.25, -0.2) is 0 Å². The van der Waals surface area contributed by atoms with E-state index in [1.165, 1.54) is 31.3 Å². The molecule has 0 unspecified atom stereocenters. The summed E-state index contributed by atoms with van der Waals surface area (Å²) in [6.07, 6.45) is 1.11. The molecule has 2 aromatic carbocycles. The average Bonchev–Trinajstić information content (AvgIpc) is 2.57. The average molecular weight is 380 g/mol. The minimum Gasteiger partial charge on any atom is -0.507 e. The molecule has 0 spiro atoms. The van der Waals surface area contributed by atoms with Gasteiger partial charge in [0.25, 0.3) is 11.6 Å². The number of nitrogens with one attached hydrogen (secondary N) is 2. The molecule has 2 aromatic rings. The Hall–Kier alpha value is -2.74. The predicted octanol–water partition coefficient (Wildman–Crippen LogP) is 3.11. The van der Waals surface area contributed by atoms with Crippen LogP contribution >= 0.6 is 15.9 Å². The van der Waals surface area contributed by atoms with E-state index in [1.807, 2.05) is 0 Å². The number of phenols is 1. The number of nitro benzene ring substituents is 1. The lowest BCUT2D eigenvalue weighted by Crippen LogP contribution is -2.17. The van der Waals surface area contributed by atoms with Gasteiger partial charge in [0.2, 0.25) is 0 Å². The number of hydrogen-bond donors (Lipinski definition) is 3. The zero-order chi connectivity index (χ0) is 17.4. The molecule has 0 saturated heterocycles. The second-order valence-electron chi connectivity index (χ2n) is 4.23. The number of carbonyl (C=O) groups is 1. The summed E-state index contributed by atoms with van der Waals surface area (Å²) in [5.41, 5.74) is 0.912. The number of nitrogens with zero attached hydrogens (tertiary/aromatic N) is 1. The van der Waals surface area contributed by atoms with E-state index in [4.69, 9.17) is 10.5 Å².